The maximum Gasteiger partial charge on any atom is 0.232 e. The van der Waals surface area contributed by atoms with Crippen LogP contribution in [0, 0.1) is 12.8 Å². The number of rotatable bonds is 5. The summed E-state index contributed by atoms with van der Waals surface area (Å²) in [5.41, 5.74) is 3.42. The van der Waals surface area contributed by atoms with E-state index in [1.165, 1.54) is 11.3 Å². The molecule has 0 bridgehead atoms. The fraction of sp³-hybridized carbons (Fsp3) is 0.579. The van der Waals surface area contributed by atoms with Crippen LogP contribution in [0.2, 0.25) is 5.02 Å². The van der Waals surface area contributed by atoms with Crippen molar-refractivity contribution in [3.05, 3.63) is 28.8 Å². The first kappa shape index (κ1) is 19.4. The number of carbonyl (C=O) groups excluding carboxylic acids is 1. The molecule has 142 valence electrons. The predicted octanol–water partition coefficient (Wildman–Crippen LogP) is 3.44. The summed E-state index contributed by atoms with van der Waals surface area (Å²) in [5.74, 6) is 1.94. The van der Waals surface area contributed by atoms with Gasteiger partial charge in [-0.3, -0.25) is 4.79 Å². The lowest BCUT2D eigenvalue weighted by Crippen LogP contribution is -2.49. The molecule has 0 N–H and O–H groups in total. The van der Waals surface area contributed by atoms with E-state index in [9.17, 15) is 4.79 Å². The van der Waals surface area contributed by atoms with Gasteiger partial charge < -0.3 is 14.6 Å². The van der Waals surface area contributed by atoms with Crippen molar-refractivity contribution in [1.82, 2.24) is 4.90 Å². The monoisotopic (exact) mass is 395 g/mol. The lowest BCUT2D eigenvalue weighted by Gasteiger charge is -2.37. The number of carbonyl (C=O) groups is 1. The molecule has 26 heavy (non-hydrogen) atoms. The van der Waals surface area contributed by atoms with Gasteiger partial charge in [0.15, 0.2) is 0 Å². The number of benzene rings is 1. The molecular weight excluding hydrogens is 370 g/mol. The standard InChI is InChI=1S/C19H26ClN3O2S/c1-13-4-5-16(20)10-18(13)22-6-8-23(9-7-22)19(24)12-26-11-17-14(2)21-25-15(17)3/h4-5,10,15,17H,6-9,11-12H2,1-3H3. The number of nitrogens with zero attached hydrogens (tertiary/aromatic N) is 3. The van der Waals surface area contributed by atoms with Crippen molar-refractivity contribution in [1.29, 1.82) is 0 Å². The zero-order valence-electron chi connectivity index (χ0n) is 15.6. The molecule has 1 aromatic carbocycles. The van der Waals surface area contributed by atoms with E-state index < -0.39 is 0 Å². The van der Waals surface area contributed by atoms with Gasteiger partial charge in [-0.25, -0.2) is 0 Å². The smallest absolute Gasteiger partial charge is 0.232 e. The molecule has 1 amide bonds. The Morgan fingerprint density at radius 2 is 2.04 bits per heavy atom. The Labute approximate surface area is 164 Å². The highest BCUT2D eigenvalue weighted by Crippen LogP contribution is 2.26. The molecule has 2 aliphatic rings. The number of thioether (sulfide) groups is 1. The molecule has 0 radical (unpaired) electrons. The van der Waals surface area contributed by atoms with E-state index in [2.05, 4.69) is 17.0 Å². The molecule has 1 fully saturated rings. The molecular formula is C19H26ClN3O2S. The third kappa shape index (κ3) is 4.46. The van der Waals surface area contributed by atoms with Crippen molar-refractivity contribution in [2.75, 3.05) is 42.6 Å². The predicted molar refractivity (Wildman–Crippen MR) is 109 cm³/mol. The van der Waals surface area contributed by atoms with Gasteiger partial charge in [-0.2, -0.15) is 11.8 Å². The number of halogens is 1. The maximum absolute atomic E-state index is 12.5. The van der Waals surface area contributed by atoms with E-state index in [1.54, 1.807) is 11.8 Å². The summed E-state index contributed by atoms with van der Waals surface area (Å²) in [4.78, 5) is 22.1. The first-order valence-corrected chi connectivity index (χ1v) is 10.6. The fourth-order valence-electron chi connectivity index (χ4n) is 3.39. The van der Waals surface area contributed by atoms with Gasteiger partial charge in [0.1, 0.15) is 6.10 Å². The van der Waals surface area contributed by atoms with Crippen LogP contribution in [0.25, 0.3) is 0 Å². The van der Waals surface area contributed by atoms with Crippen LogP contribution in [0.15, 0.2) is 23.4 Å². The number of anilines is 1. The van der Waals surface area contributed by atoms with E-state index in [0.29, 0.717) is 11.7 Å². The van der Waals surface area contributed by atoms with Crippen LogP contribution in [0.5, 0.6) is 0 Å². The summed E-state index contributed by atoms with van der Waals surface area (Å²) < 4.78 is 0. The van der Waals surface area contributed by atoms with Crippen molar-refractivity contribution >= 4 is 40.7 Å². The van der Waals surface area contributed by atoms with E-state index in [4.69, 9.17) is 16.4 Å². The van der Waals surface area contributed by atoms with Gasteiger partial charge in [-0.05, 0) is 38.5 Å². The molecule has 3 rings (SSSR count). The van der Waals surface area contributed by atoms with Gasteiger partial charge in [0.05, 0.1) is 11.5 Å². The molecule has 2 atom stereocenters. The number of oxime groups is 1. The average Bonchev–Trinajstić information content (AvgIpc) is 2.96. The molecule has 1 aromatic rings. The summed E-state index contributed by atoms with van der Waals surface area (Å²) in [6.45, 7) is 9.33. The lowest BCUT2D eigenvalue weighted by atomic mass is 10.0. The molecule has 2 unspecified atom stereocenters. The zero-order valence-corrected chi connectivity index (χ0v) is 17.1. The molecule has 0 aromatic heterocycles. The summed E-state index contributed by atoms with van der Waals surface area (Å²) >= 11 is 7.81. The maximum atomic E-state index is 12.5. The number of hydrogen-bond acceptors (Lipinski definition) is 5. The second kappa shape index (κ2) is 8.53. The van der Waals surface area contributed by atoms with Gasteiger partial charge in [0.25, 0.3) is 0 Å². The van der Waals surface area contributed by atoms with Crippen molar-refractivity contribution in [2.45, 2.75) is 26.9 Å². The number of piperazine rings is 1. The van der Waals surface area contributed by atoms with Crippen molar-refractivity contribution < 1.29 is 9.63 Å². The molecule has 2 aliphatic heterocycles. The van der Waals surface area contributed by atoms with E-state index in [1.807, 2.05) is 36.9 Å². The third-order valence-electron chi connectivity index (χ3n) is 5.13. The largest absolute Gasteiger partial charge is 0.392 e. The first-order valence-electron chi connectivity index (χ1n) is 9.02. The zero-order chi connectivity index (χ0) is 18.7. The Hall–Kier alpha value is -1.40. The minimum Gasteiger partial charge on any atom is -0.392 e. The molecule has 7 heteroatoms. The Morgan fingerprint density at radius 3 is 2.69 bits per heavy atom. The van der Waals surface area contributed by atoms with Gasteiger partial charge in [-0.15, -0.1) is 0 Å². The van der Waals surface area contributed by atoms with Crippen molar-refractivity contribution in [2.24, 2.45) is 11.1 Å². The summed E-state index contributed by atoms with van der Waals surface area (Å²) in [6, 6.07) is 5.98. The van der Waals surface area contributed by atoms with Crippen LogP contribution >= 0.6 is 23.4 Å². The van der Waals surface area contributed by atoms with Crippen LogP contribution in [0.1, 0.15) is 19.4 Å². The number of aryl methyl sites for hydroxylation is 1. The Balaban J connectivity index is 1.45. The highest BCUT2D eigenvalue weighted by Gasteiger charge is 2.28. The van der Waals surface area contributed by atoms with E-state index >= 15 is 0 Å². The topological polar surface area (TPSA) is 45.1 Å². The molecule has 2 heterocycles. The second-order valence-corrected chi connectivity index (χ2v) is 8.43. The lowest BCUT2D eigenvalue weighted by molar-refractivity contribution is -0.128. The first-order chi connectivity index (χ1) is 12.5. The van der Waals surface area contributed by atoms with E-state index in [-0.39, 0.29) is 12.0 Å². The van der Waals surface area contributed by atoms with Crippen LogP contribution < -0.4 is 4.90 Å². The van der Waals surface area contributed by atoms with Crippen LogP contribution in [0.4, 0.5) is 5.69 Å². The Morgan fingerprint density at radius 1 is 1.31 bits per heavy atom. The van der Waals surface area contributed by atoms with Crippen LogP contribution in [-0.4, -0.2) is 60.3 Å². The third-order valence-corrected chi connectivity index (χ3v) is 6.41. The Kier molecular flexibility index (Phi) is 6.35. The Bertz CT molecular complexity index is 689. The molecule has 0 saturated carbocycles. The van der Waals surface area contributed by atoms with Crippen molar-refractivity contribution in [3.63, 3.8) is 0 Å². The minimum absolute atomic E-state index is 0.113. The molecule has 1 saturated heterocycles. The summed E-state index contributed by atoms with van der Waals surface area (Å²) in [5, 5.41) is 4.78. The average molecular weight is 396 g/mol. The fourth-order valence-corrected chi connectivity index (χ4v) is 4.80. The summed E-state index contributed by atoms with van der Waals surface area (Å²) in [6.07, 6.45) is 0.113. The SMILES string of the molecule is CC1=NOC(C)C1CSCC(=O)N1CCN(c2cc(Cl)ccc2C)CC1. The molecule has 5 nitrogen and oxygen atoms in total. The van der Waals surface area contributed by atoms with Gasteiger partial charge in [0, 0.05) is 48.6 Å². The highest BCUT2D eigenvalue weighted by atomic mass is 35.5. The van der Waals surface area contributed by atoms with Crippen LogP contribution in [0.3, 0.4) is 0 Å². The summed E-state index contributed by atoms with van der Waals surface area (Å²) in [7, 11) is 0. The van der Waals surface area contributed by atoms with Crippen LogP contribution in [-0.2, 0) is 9.63 Å². The normalized spacial score (nSPS) is 23.0. The van der Waals surface area contributed by atoms with Gasteiger partial charge in [0.2, 0.25) is 5.91 Å². The molecule has 0 spiro atoms. The number of hydrogen-bond donors (Lipinski definition) is 0. The highest BCUT2D eigenvalue weighted by molar-refractivity contribution is 7.99. The number of amides is 1. The molecule has 0 aliphatic carbocycles. The van der Waals surface area contributed by atoms with Gasteiger partial charge >= 0.3 is 0 Å². The quantitative estimate of drug-likeness (QED) is 0.766. The minimum atomic E-state index is 0.113. The van der Waals surface area contributed by atoms with Crippen molar-refractivity contribution in [3.8, 4) is 0 Å². The second-order valence-electron chi connectivity index (χ2n) is 6.96. The van der Waals surface area contributed by atoms with Gasteiger partial charge in [-0.1, -0.05) is 22.8 Å². The van der Waals surface area contributed by atoms with E-state index in [0.717, 1.165) is 42.7 Å².